The van der Waals surface area contributed by atoms with Crippen LogP contribution in [-0.4, -0.2) is 17.6 Å². The summed E-state index contributed by atoms with van der Waals surface area (Å²) in [4.78, 5) is 11.9. The molecule has 3 nitrogen and oxygen atoms in total. The number of carbonyl (C=O) groups is 1. The van der Waals surface area contributed by atoms with E-state index in [2.05, 4.69) is 5.32 Å². The van der Waals surface area contributed by atoms with Crippen LogP contribution in [0.3, 0.4) is 0 Å². The van der Waals surface area contributed by atoms with Crippen molar-refractivity contribution in [2.75, 3.05) is 6.54 Å². The number of hydrogen-bond acceptors (Lipinski definition) is 2. The van der Waals surface area contributed by atoms with Gasteiger partial charge in [-0.1, -0.05) is 24.3 Å². The van der Waals surface area contributed by atoms with Crippen molar-refractivity contribution in [3.8, 4) is 0 Å². The van der Waals surface area contributed by atoms with Gasteiger partial charge in [0.15, 0.2) is 0 Å². The van der Waals surface area contributed by atoms with E-state index in [0.29, 0.717) is 12.0 Å². The van der Waals surface area contributed by atoms with Crippen molar-refractivity contribution in [1.82, 2.24) is 5.32 Å². The number of hydrogen-bond donors (Lipinski definition) is 2. The predicted octanol–water partition coefficient (Wildman–Crippen LogP) is 2.92. The monoisotopic (exact) mass is 319 g/mol. The van der Waals surface area contributed by atoms with Crippen LogP contribution < -0.4 is 5.32 Å². The molecule has 5 heteroatoms. The third-order valence-electron chi connectivity index (χ3n) is 3.65. The van der Waals surface area contributed by atoms with Crippen LogP contribution in [-0.2, 0) is 16.8 Å². The summed E-state index contributed by atoms with van der Waals surface area (Å²) in [5, 5.41) is 13.0. The molecule has 0 fully saturated rings. The number of rotatable bonds is 6. The summed E-state index contributed by atoms with van der Waals surface area (Å²) in [7, 11) is 0. The molecule has 0 spiro atoms. The zero-order chi connectivity index (χ0) is 16.9. The molecule has 0 aliphatic heterocycles. The van der Waals surface area contributed by atoms with Crippen LogP contribution in [0.4, 0.5) is 8.78 Å². The van der Waals surface area contributed by atoms with Crippen molar-refractivity contribution < 1.29 is 18.7 Å². The average molecular weight is 319 g/mol. The van der Waals surface area contributed by atoms with Gasteiger partial charge in [0.25, 0.3) is 0 Å². The summed E-state index contributed by atoms with van der Waals surface area (Å²) in [5.74, 6) is -0.904. The molecule has 2 N–H and O–H groups in total. The van der Waals surface area contributed by atoms with E-state index in [1.165, 1.54) is 36.4 Å². The maximum absolute atomic E-state index is 12.9. The molecule has 0 aromatic heterocycles. The van der Waals surface area contributed by atoms with Gasteiger partial charge in [0.2, 0.25) is 5.91 Å². The number of aryl methyl sites for hydroxylation is 1. The molecule has 1 unspecified atom stereocenters. The van der Waals surface area contributed by atoms with E-state index < -0.39 is 5.60 Å². The SMILES string of the molecule is CC(O)(CNC(=O)CCc1ccc(F)cc1)c1ccc(F)cc1. The Balaban J connectivity index is 1.83. The van der Waals surface area contributed by atoms with E-state index in [9.17, 15) is 18.7 Å². The van der Waals surface area contributed by atoms with Gasteiger partial charge in [-0.25, -0.2) is 8.78 Å². The van der Waals surface area contributed by atoms with Crippen molar-refractivity contribution >= 4 is 5.91 Å². The van der Waals surface area contributed by atoms with Gasteiger partial charge in [-0.05, 0) is 48.7 Å². The van der Waals surface area contributed by atoms with Crippen LogP contribution in [0.25, 0.3) is 0 Å². The van der Waals surface area contributed by atoms with Crippen LogP contribution in [0.2, 0.25) is 0 Å². The molecule has 0 heterocycles. The van der Waals surface area contributed by atoms with Crippen molar-refractivity contribution in [1.29, 1.82) is 0 Å². The largest absolute Gasteiger partial charge is 0.384 e. The third-order valence-corrected chi connectivity index (χ3v) is 3.65. The molecule has 1 amide bonds. The highest BCUT2D eigenvalue weighted by atomic mass is 19.1. The molecule has 2 rings (SSSR count). The van der Waals surface area contributed by atoms with Crippen LogP contribution in [0, 0.1) is 11.6 Å². The van der Waals surface area contributed by atoms with Gasteiger partial charge in [0.1, 0.15) is 17.2 Å². The van der Waals surface area contributed by atoms with E-state index in [4.69, 9.17) is 0 Å². The Morgan fingerprint density at radius 3 is 2.13 bits per heavy atom. The Morgan fingerprint density at radius 2 is 1.57 bits per heavy atom. The average Bonchev–Trinajstić information content (AvgIpc) is 2.53. The smallest absolute Gasteiger partial charge is 0.220 e. The van der Waals surface area contributed by atoms with Crippen molar-refractivity contribution in [2.45, 2.75) is 25.4 Å². The highest BCUT2D eigenvalue weighted by Gasteiger charge is 2.23. The molecule has 2 aromatic carbocycles. The predicted molar refractivity (Wildman–Crippen MR) is 83.7 cm³/mol. The first kappa shape index (κ1) is 17.1. The molecule has 0 saturated carbocycles. The Bertz CT molecular complexity index is 652. The van der Waals surface area contributed by atoms with Crippen LogP contribution in [0.1, 0.15) is 24.5 Å². The van der Waals surface area contributed by atoms with Gasteiger partial charge in [-0.15, -0.1) is 0 Å². The second-order valence-corrected chi connectivity index (χ2v) is 5.68. The zero-order valence-electron chi connectivity index (χ0n) is 12.9. The first-order chi connectivity index (χ1) is 10.9. The maximum atomic E-state index is 12.9. The van der Waals surface area contributed by atoms with Gasteiger partial charge in [0, 0.05) is 6.42 Å². The minimum Gasteiger partial charge on any atom is -0.384 e. The van der Waals surface area contributed by atoms with Gasteiger partial charge >= 0.3 is 0 Å². The molecule has 2 aromatic rings. The number of halogens is 2. The highest BCUT2D eigenvalue weighted by molar-refractivity contribution is 5.76. The Kier molecular flexibility index (Phi) is 5.45. The number of benzene rings is 2. The molecule has 1 atom stereocenters. The van der Waals surface area contributed by atoms with Crippen LogP contribution in [0.5, 0.6) is 0 Å². The molecular formula is C18H19F2NO2. The zero-order valence-corrected chi connectivity index (χ0v) is 12.9. The minimum absolute atomic E-state index is 0.0287. The number of aliphatic hydroxyl groups is 1. The lowest BCUT2D eigenvalue weighted by atomic mass is 9.96. The Morgan fingerprint density at radius 1 is 1.04 bits per heavy atom. The van der Waals surface area contributed by atoms with Crippen molar-refractivity contribution in [3.63, 3.8) is 0 Å². The lowest BCUT2D eigenvalue weighted by molar-refractivity contribution is -0.122. The van der Waals surface area contributed by atoms with Gasteiger partial charge in [0.05, 0.1) is 6.54 Å². The topological polar surface area (TPSA) is 49.3 Å². The highest BCUT2D eigenvalue weighted by Crippen LogP contribution is 2.20. The molecule has 0 saturated heterocycles. The minimum atomic E-state index is -1.28. The van der Waals surface area contributed by atoms with E-state index >= 15 is 0 Å². The fraction of sp³-hybridized carbons (Fsp3) is 0.278. The first-order valence-corrected chi connectivity index (χ1v) is 7.36. The third kappa shape index (κ3) is 5.14. The van der Waals surface area contributed by atoms with E-state index in [1.54, 1.807) is 19.1 Å². The van der Waals surface area contributed by atoms with E-state index in [1.807, 2.05) is 0 Å². The molecule has 0 radical (unpaired) electrons. The van der Waals surface area contributed by atoms with E-state index in [0.717, 1.165) is 5.56 Å². The lowest BCUT2D eigenvalue weighted by Gasteiger charge is -2.24. The van der Waals surface area contributed by atoms with E-state index in [-0.39, 0.29) is 30.5 Å². The quantitative estimate of drug-likeness (QED) is 0.860. The van der Waals surface area contributed by atoms with Crippen LogP contribution >= 0.6 is 0 Å². The summed E-state index contributed by atoms with van der Waals surface area (Å²) >= 11 is 0. The maximum Gasteiger partial charge on any atom is 0.220 e. The fourth-order valence-corrected chi connectivity index (χ4v) is 2.18. The fourth-order valence-electron chi connectivity index (χ4n) is 2.18. The van der Waals surface area contributed by atoms with Gasteiger partial charge in [-0.3, -0.25) is 4.79 Å². The summed E-state index contributed by atoms with van der Waals surface area (Å²) in [6.07, 6.45) is 0.732. The molecule has 23 heavy (non-hydrogen) atoms. The summed E-state index contributed by atoms with van der Waals surface area (Å²) in [6, 6.07) is 11.5. The Hall–Kier alpha value is -2.27. The van der Waals surface area contributed by atoms with Crippen molar-refractivity contribution in [3.05, 3.63) is 71.3 Å². The standard InChI is InChI=1S/C18H19F2NO2/c1-18(23,14-5-9-16(20)10-6-14)12-21-17(22)11-4-13-2-7-15(19)8-3-13/h2-3,5-10,23H,4,11-12H2,1H3,(H,21,22). The molecule has 0 bridgehead atoms. The number of nitrogens with one attached hydrogen (secondary N) is 1. The van der Waals surface area contributed by atoms with Crippen molar-refractivity contribution in [2.24, 2.45) is 0 Å². The number of amides is 1. The molecule has 122 valence electrons. The molecule has 0 aliphatic rings. The van der Waals surface area contributed by atoms with Gasteiger partial charge < -0.3 is 10.4 Å². The Labute approximate surface area is 134 Å². The van der Waals surface area contributed by atoms with Crippen LogP contribution in [0.15, 0.2) is 48.5 Å². The number of carbonyl (C=O) groups excluding carboxylic acids is 1. The lowest BCUT2D eigenvalue weighted by Crippen LogP contribution is -2.38. The summed E-state index contributed by atoms with van der Waals surface area (Å²) in [6.45, 7) is 1.58. The molecule has 0 aliphatic carbocycles. The normalized spacial score (nSPS) is 13.4. The summed E-state index contributed by atoms with van der Waals surface area (Å²) < 4.78 is 25.7. The second-order valence-electron chi connectivity index (χ2n) is 5.68. The summed E-state index contributed by atoms with van der Waals surface area (Å²) in [5.41, 5.74) is 0.115. The first-order valence-electron chi connectivity index (χ1n) is 7.36. The second kappa shape index (κ2) is 7.33. The molecular weight excluding hydrogens is 300 g/mol. The van der Waals surface area contributed by atoms with Gasteiger partial charge in [-0.2, -0.15) is 0 Å².